The molecular weight excluding hydrogens is 264 g/mol. The van der Waals surface area contributed by atoms with Crippen molar-refractivity contribution >= 4 is 11.3 Å². The third-order valence-corrected chi connectivity index (χ3v) is 6.34. The molecule has 0 bridgehead atoms. The van der Waals surface area contributed by atoms with E-state index >= 15 is 0 Å². The lowest BCUT2D eigenvalue weighted by atomic mass is 9.87. The van der Waals surface area contributed by atoms with Crippen molar-refractivity contribution in [3.05, 3.63) is 22.4 Å². The summed E-state index contributed by atoms with van der Waals surface area (Å²) in [4.78, 5) is 4.35. The molecule has 1 aromatic heterocycles. The summed E-state index contributed by atoms with van der Waals surface area (Å²) in [6.45, 7) is 8.37. The summed E-state index contributed by atoms with van der Waals surface area (Å²) in [5.41, 5.74) is 0.362. The van der Waals surface area contributed by atoms with Gasteiger partial charge >= 0.3 is 0 Å². The van der Waals surface area contributed by atoms with Gasteiger partial charge in [-0.3, -0.25) is 4.90 Å². The first-order chi connectivity index (χ1) is 9.76. The van der Waals surface area contributed by atoms with Crippen LogP contribution in [0.25, 0.3) is 0 Å². The smallest absolute Gasteiger partial charge is 0.0304 e. The van der Waals surface area contributed by atoms with Gasteiger partial charge in [0.2, 0.25) is 0 Å². The quantitative estimate of drug-likeness (QED) is 0.863. The minimum atomic E-state index is 0.362. The van der Waals surface area contributed by atoms with Gasteiger partial charge in [-0.05, 0) is 49.5 Å². The average Bonchev–Trinajstić information content (AvgIpc) is 3.20. The topological polar surface area (TPSA) is 15.3 Å². The molecule has 0 aromatic carbocycles. The Morgan fingerprint density at radius 2 is 2.15 bits per heavy atom. The molecule has 1 N–H and O–H groups in total. The van der Waals surface area contributed by atoms with Gasteiger partial charge in [0.05, 0.1) is 0 Å². The van der Waals surface area contributed by atoms with Crippen molar-refractivity contribution in [1.82, 2.24) is 10.2 Å². The molecule has 1 saturated heterocycles. The highest BCUT2D eigenvalue weighted by Gasteiger charge is 2.42. The van der Waals surface area contributed by atoms with Crippen molar-refractivity contribution in [2.45, 2.75) is 57.5 Å². The molecular formula is C17H28N2S. The molecule has 0 radical (unpaired) electrons. The number of piperazine rings is 1. The van der Waals surface area contributed by atoms with E-state index in [4.69, 9.17) is 0 Å². The second kappa shape index (κ2) is 6.17. The third-order valence-electron chi connectivity index (χ3n) is 5.41. The Morgan fingerprint density at radius 1 is 1.35 bits per heavy atom. The lowest BCUT2D eigenvalue weighted by molar-refractivity contribution is 0.0631. The summed E-state index contributed by atoms with van der Waals surface area (Å²) in [6.07, 6.45) is 6.62. The molecule has 1 saturated carbocycles. The zero-order valence-electron chi connectivity index (χ0n) is 12.9. The maximum Gasteiger partial charge on any atom is 0.0304 e. The number of nitrogens with zero attached hydrogens (tertiary/aromatic N) is 1. The molecule has 2 nitrogen and oxygen atoms in total. The maximum absolute atomic E-state index is 3.89. The highest BCUT2D eigenvalue weighted by molar-refractivity contribution is 7.09. The average molecular weight is 292 g/mol. The van der Waals surface area contributed by atoms with Crippen LogP contribution in [-0.4, -0.2) is 36.1 Å². The molecule has 3 rings (SSSR count). The SMILES string of the molecule is CCC1(CC)CN(CCc2cccs2)C(C2CC2)CN1. The number of hydrogen-bond donors (Lipinski definition) is 1. The molecule has 3 heteroatoms. The highest BCUT2D eigenvalue weighted by atomic mass is 32.1. The van der Waals surface area contributed by atoms with E-state index in [2.05, 4.69) is 41.6 Å². The molecule has 1 unspecified atom stereocenters. The first kappa shape index (κ1) is 14.6. The molecule has 2 fully saturated rings. The van der Waals surface area contributed by atoms with Crippen LogP contribution >= 0.6 is 11.3 Å². The van der Waals surface area contributed by atoms with Crippen molar-refractivity contribution in [2.24, 2.45) is 5.92 Å². The van der Waals surface area contributed by atoms with Gasteiger partial charge in [-0.15, -0.1) is 11.3 Å². The molecule has 1 atom stereocenters. The van der Waals surface area contributed by atoms with E-state index in [-0.39, 0.29) is 0 Å². The Labute approximate surface area is 127 Å². The van der Waals surface area contributed by atoms with Crippen molar-refractivity contribution in [1.29, 1.82) is 0 Å². The van der Waals surface area contributed by atoms with Gasteiger partial charge in [-0.25, -0.2) is 0 Å². The first-order valence-corrected chi connectivity index (χ1v) is 9.16. The van der Waals surface area contributed by atoms with Crippen molar-refractivity contribution in [3.8, 4) is 0 Å². The van der Waals surface area contributed by atoms with Gasteiger partial charge < -0.3 is 5.32 Å². The van der Waals surface area contributed by atoms with Crippen LogP contribution in [0.4, 0.5) is 0 Å². The van der Waals surface area contributed by atoms with Crippen LogP contribution in [0.15, 0.2) is 17.5 Å². The molecule has 112 valence electrons. The molecule has 2 aliphatic rings. The minimum Gasteiger partial charge on any atom is -0.308 e. The number of hydrogen-bond acceptors (Lipinski definition) is 3. The Kier molecular flexibility index (Phi) is 4.49. The highest BCUT2D eigenvalue weighted by Crippen LogP contribution is 2.38. The van der Waals surface area contributed by atoms with E-state index in [1.165, 1.54) is 56.6 Å². The monoisotopic (exact) mass is 292 g/mol. The van der Waals surface area contributed by atoms with Gasteiger partial charge in [-0.2, -0.15) is 0 Å². The van der Waals surface area contributed by atoms with Crippen molar-refractivity contribution in [3.63, 3.8) is 0 Å². The fourth-order valence-corrected chi connectivity index (χ4v) is 4.33. The molecule has 2 heterocycles. The summed E-state index contributed by atoms with van der Waals surface area (Å²) in [6, 6.07) is 5.26. The van der Waals surface area contributed by atoms with E-state index < -0.39 is 0 Å². The zero-order chi connectivity index (χ0) is 14.0. The predicted octanol–water partition coefficient (Wildman–Crippen LogP) is 3.53. The standard InChI is InChI=1S/C17H28N2S/c1-3-17(4-2)13-19(10-9-15-6-5-11-20-15)16(12-18-17)14-7-8-14/h5-6,11,14,16,18H,3-4,7-10,12-13H2,1-2H3. The summed E-state index contributed by atoms with van der Waals surface area (Å²) >= 11 is 1.91. The molecule has 0 amide bonds. The third kappa shape index (κ3) is 3.10. The van der Waals surface area contributed by atoms with E-state index in [0.29, 0.717) is 5.54 Å². The Balaban J connectivity index is 1.65. The molecule has 1 aliphatic heterocycles. The van der Waals surface area contributed by atoms with Gasteiger partial charge in [0.25, 0.3) is 0 Å². The summed E-state index contributed by atoms with van der Waals surface area (Å²) in [5, 5.41) is 6.09. The fourth-order valence-electron chi connectivity index (χ4n) is 3.64. The number of nitrogens with one attached hydrogen (secondary N) is 1. The van der Waals surface area contributed by atoms with Gasteiger partial charge in [-0.1, -0.05) is 19.9 Å². The van der Waals surface area contributed by atoms with Crippen molar-refractivity contribution < 1.29 is 0 Å². The minimum absolute atomic E-state index is 0.362. The van der Waals surface area contributed by atoms with Crippen LogP contribution in [0, 0.1) is 5.92 Å². The van der Waals surface area contributed by atoms with Crippen LogP contribution in [0.5, 0.6) is 0 Å². The lowest BCUT2D eigenvalue weighted by Crippen LogP contribution is -2.64. The summed E-state index contributed by atoms with van der Waals surface area (Å²) in [5.74, 6) is 0.970. The first-order valence-electron chi connectivity index (χ1n) is 8.28. The van der Waals surface area contributed by atoms with Gasteiger partial charge in [0, 0.05) is 36.1 Å². The fraction of sp³-hybridized carbons (Fsp3) is 0.765. The molecule has 20 heavy (non-hydrogen) atoms. The van der Waals surface area contributed by atoms with E-state index in [1.807, 2.05) is 11.3 Å². The molecule has 1 aromatic rings. The van der Waals surface area contributed by atoms with E-state index in [1.54, 1.807) is 0 Å². The van der Waals surface area contributed by atoms with E-state index in [9.17, 15) is 0 Å². The second-order valence-corrected chi connectivity index (χ2v) is 7.61. The van der Waals surface area contributed by atoms with Crippen LogP contribution in [-0.2, 0) is 6.42 Å². The largest absolute Gasteiger partial charge is 0.308 e. The Bertz CT molecular complexity index is 407. The summed E-state index contributed by atoms with van der Waals surface area (Å²) < 4.78 is 0. The second-order valence-electron chi connectivity index (χ2n) is 6.57. The maximum atomic E-state index is 3.89. The molecule has 1 aliphatic carbocycles. The van der Waals surface area contributed by atoms with Crippen LogP contribution in [0.1, 0.15) is 44.4 Å². The molecule has 0 spiro atoms. The lowest BCUT2D eigenvalue weighted by Gasteiger charge is -2.48. The van der Waals surface area contributed by atoms with Gasteiger partial charge in [0.1, 0.15) is 0 Å². The summed E-state index contributed by atoms with van der Waals surface area (Å²) in [7, 11) is 0. The number of thiophene rings is 1. The number of rotatable bonds is 6. The Hall–Kier alpha value is -0.380. The zero-order valence-corrected chi connectivity index (χ0v) is 13.7. The van der Waals surface area contributed by atoms with Crippen molar-refractivity contribution in [2.75, 3.05) is 19.6 Å². The van der Waals surface area contributed by atoms with Crippen LogP contribution in [0.2, 0.25) is 0 Å². The normalized spacial score (nSPS) is 26.8. The van der Waals surface area contributed by atoms with Crippen LogP contribution in [0.3, 0.4) is 0 Å². The van der Waals surface area contributed by atoms with E-state index in [0.717, 1.165) is 12.0 Å². The predicted molar refractivity (Wildman–Crippen MR) is 87.4 cm³/mol. The van der Waals surface area contributed by atoms with Crippen LogP contribution < -0.4 is 5.32 Å². The van der Waals surface area contributed by atoms with Gasteiger partial charge in [0.15, 0.2) is 0 Å². The Morgan fingerprint density at radius 3 is 2.75 bits per heavy atom.